The first kappa shape index (κ1) is 22.1. The number of hydrogen-bond donors (Lipinski definition) is 2. The van der Waals surface area contributed by atoms with Crippen molar-refractivity contribution in [2.45, 2.75) is 39.4 Å². The van der Waals surface area contributed by atoms with Crippen molar-refractivity contribution < 1.29 is 22.6 Å². The van der Waals surface area contributed by atoms with Crippen LogP contribution in [0.3, 0.4) is 0 Å². The molecule has 0 spiro atoms. The molecule has 1 rings (SSSR count). The maximum absolute atomic E-state index is 12.3. The van der Waals surface area contributed by atoms with Crippen LogP contribution in [0.2, 0.25) is 0 Å². The molecule has 0 bridgehead atoms. The van der Waals surface area contributed by atoms with Crippen LogP contribution in [0.25, 0.3) is 0 Å². The largest absolute Gasteiger partial charge is 0.493 e. The fraction of sp³-hybridized carbons (Fsp3) is 0.611. The summed E-state index contributed by atoms with van der Waals surface area (Å²) in [4.78, 5) is 4.36. The van der Waals surface area contributed by atoms with E-state index in [0.29, 0.717) is 32.3 Å². The molecule has 8 heteroatoms. The highest BCUT2D eigenvalue weighted by atomic mass is 19.4. The first-order valence-corrected chi connectivity index (χ1v) is 8.66. The van der Waals surface area contributed by atoms with Crippen LogP contribution in [0.5, 0.6) is 5.75 Å². The Hall–Kier alpha value is -1.96. The molecule has 0 radical (unpaired) electrons. The zero-order valence-corrected chi connectivity index (χ0v) is 15.6. The van der Waals surface area contributed by atoms with Crippen LogP contribution < -0.4 is 15.4 Å². The summed E-state index contributed by atoms with van der Waals surface area (Å²) in [6.07, 6.45) is -4.32. The van der Waals surface area contributed by atoms with Crippen LogP contribution in [-0.4, -0.2) is 45.5 Å². The summed E-state index contributed by atoms with van der Waals surface area (Å²) in [5, 5.41) is 5.64. The van der Waals surface area contributed by atoms with Crippen molar-refractivity contribution in [3.63, 3.8) is 0 Å². The molecule has 0 unspecified atom stereocenters. The number of nitrogens with one attached hydrogen (secondary N) is 2. The Morgan fingerprint density at radius 3 is 2.62 bits per heavy atom. The molecule has 0 amide bonds. The van der Waals surface area contributed by atoms with E-state index in [1.807, 2.05) is 32.0 Å². The lowest BCUT2D eigenvalue weighted by molar-refractivity contribution is -0.132. The third kappa shape index (κ3) is 9.50. The van der Waals surface area contributed by atoms with Gasteiger partial charge in [-0.25, -0.2) is 4.99 Å². The van der Waals surface area contributed by atoms with Crippen molar-refractivity contribution in [3.05, 3.63) is 29.3 Å². The first-order valence-electron chi connectivity index (χ1n) is 8.66. The van der Waals surface area contributed by atoms with Gasteiger partial charge in [0.15, 0.2) is 5.96 Å². The molecule has 0 aliphatic heterocycles. The van der Waals surface area contributed by atoms with Gasteiger partial charge < -0.3 is 20.1 Å². The molecule has 148 valence electrons. The number of guanidine groups is 1. The minimum Gasteiger partial charge on any atom is -0.493 e. The number of ether oxygens (including phenoxy) is 2. The van der Waals surface area contributed by atoms with Crippen LogP contribution >= 0.6 is 0 Å². The molecule has 26 heavy (non-hydrogen) atoms. The first-order chi connectivity index (χ1) is 12.4. The van der Waals surface area contributed by atoms with Crippen LogP contribution in [0.15, 0.2) is 23.2 Å². The number of hydrogen-bond acceptors (Lipinski definition) is 3. The lowest BCUT2D eigenvalue weighted by Crippen LogP contribution is -2.38. The normalized spacial score (nSPS) is 12.2. The van der Waals surface area contributed by atoms with Gasteiger partial charge >= 0.3 is 6.18 Å². The lowest BCUT2D eigenvalue weighted by Gasteiger charge is -2.14. The zero-order valence-electron chi connectivity index (χ0n) is 15.6. The highest BCUT2D eigenvalue weighted by molar-refractivity contribution is 5.79. The average Bonchev–Trinajstić information content (AvgIpc) is 2.56. The summed E-state index contributed by atoms with van der Waals surface area (Å²) in [7, 11) is 1.64. The quantitative estimate of drug-likeness (QED) is 0.374. The van der Waals surface area contributed by atoms with Crippen molar-refractivity contribution in [1.82, 2.24) is 10.6 Å². The van der Waals surface area contributed by atoms with E-state index in [9.17, 15) is 13.2 Å². The van der Waals surface area contributed by atoms with E-state index in [-0.39, 0.29) is 6.54 Å². The van der Waals surface area contributed by atoms with E-state index in [2.05, 4.69) is 15.6 Å². The molecule has 0 aliphatic rings. The number of alkyl halides is 3. The van der Waals surface area contributed by atoms with Gasteiger partial charge in [0.1, 0.15) is 5.75 Å². The molecule has 0 saturated carbocycles. The fourth-order valence-electron chi connectivity index (χ4n) is 2.14. The van der Waals surface area contributed by atoms with E-state index < -0.39 is 12.6 Å². The summed E-state index contributed by atoms with van der Waals surface area (Å²) in [5.41, 5.74) is 1.94. The minimum absolute atomic E-state index is 0.219. The standard InChI is InChI=1S/C18H28F3N3O2/c1-4-22-17(23-9-8-18(19,20)21)24-13-15-7-6-14(2)12-16(15)26-11-5-10-25-3/h6-7,12H,4-5,8-11,13H2,1-3H3,(H2,22,23,24). The third-order valence-electron chi connectivity index (χ3n) is 3.43. The minimum atomic E-state index is -4.19. The molecular weight excluding hydrogens is 347 g/mol. The Morgan fingerprint density at radius 2 is 1.96 bits per heavy atom. The smallest absolute Gasteiger partial charge is 0.390 e. The average molecular weight is 375 g/mol. The van der Waals surface area contributed by atoms with Gasteiger partial charge in [0.2, 0.25) is 0 Å². The number of aliphatic imine (C=N–C) groups is 1. The van der Waals surface area contributed by atoms with Gasteiger partial charge in [0.25, 0.3) is 0 Å². The van der Waals surface area contributed by atoms with E-state index in [1.165, 1.54) is 0 Å². The fourth-order valence-corrected chi connectivity index (χ4v) is 2.14. The second kappa shape index (κ2) is 11.6. The molecule has 0 atom stereocenters. The van der Waals surface area contributed by atoms with Gasteiger partial charge in [-0.05, 0) is 25.5 Å². The molecule has 1 aromatic rings. The predicted molar refractivity (Wildman–Crippen MR) is 96.7 cm³/mol. The van der Waals surface area contributed by atoms with Gasteiger partial charge in [-0.15, -0.1) is 0 Å². The summed E-state index contributed by atoms with van der Waals surface area (Å²) in [5.74, 6) is 1.08. The van der Waals surface area contributed by atoms with Crippen LogP contribution in [-0.2, 0) is 11.3 Å². The molecule has 5 nitrogen and oxygen atoms in total. The zero-order chi connectivity index (χ0) is 19.4. The van der Waals surface area contributed by atoms with E-state index in [0.717, 1.165) is 23.3 Å². The number of benzene rings is 1. The highest BCUT2D eigenvalue weighted by Gasteiger charge is 2.26. The number of aryl methyl sites for hydroxylation is 1. The maximum atomic E-state index is 12.3. The number of methoxy groups -OCH3 is 1. The molecule has 1 aromatic carbocycles. The highest BCUT2D eigenvalue weighted by Crippen LogP contribution is 2.22. The Morgan fingerprint density at radius 1 is 1.19 bits per heavy atom. The Kier molecular flexibility index (Phi) is 9.87. The topological polar surface area (TPSA) is 54.9 Å². The summed E-state index contributed by atoms with van der Waals surface area (Å²) < 4.78 is 47.6. The van der Waals surface area contributed by atoms with Gasteiger partial charge in [-0.1, -0.05) is 12.1 Å². The van der Waals surface area contributed by atoms with Crippen molar-refractivity contribution in [1.29, 1.82) is 0 Å². The Balaban J connectivity index is 2.71. The number of rotatable bonds is 10. The van der Waals surface area contributed by atoms with Crippen molar-refractivity contribution in [3.8, 4) is 5.75 Å². The molecule has 0 aromatic heterocycles. The summed E-state index contributed by atoms with van der Waals surface area (Å²) in [6, 6.07) is 5.81. The second-order valence-corrected chi connectivity index (χ2v) is 5.79. The van der Waals surface area contributed by atoms with E-state index in [1.54, 1.807) is 7.11 Å². The monoisotopic (exact) mass is 375 g/mol. The Bertz CT molecular complexity index is 563. The number of nitrogens with zero attached hydrogens (tertiary/aromatic N) is 1. The van der Waals surface area contributed by atoms with E-state index >= 15 is 0 Å². The van der Waals surface area contributed by atoms with E-state index in [4.69, 9.17) is 9.47 Å². The Labute approximate surface area is 153 Å². The summed E-state index contributed by atoms with van der Waals surface area (Å²) >= 11 is 0. The molecule has 0 heterocycles. The molecular formula is C18H28F3N3O2. The number of halogens is 3. The van der Waals surface area contributed by atoms with Crippen molar-refractivity contribution in [2.24, 2.45) is 4.99 Å². The second-order valence-electron chi connectivity index (χ2n) is 5.79. The molecule has 2 N–H and O–H groups in total. The van der Waals surface area contributed by atoms with Crippen LogP contribution in [0.4, 0.5) is 13.2 Å². The van der Waals surface area contributed by atoms with Gasteiger partial charge in [0, 0.05) is 38.8 Å². The van der Waals surface area contributed by atoms with Crippen molar-refractivity contribution >= 4 is 5.96 Å². The van der Waals surface area contributed by atoms with Gasteiger partial charge in [0.05, 0.1) is 19.6 Å². The van der Waals surface area contributed by atoms with Crippen molar-refractivity contribution in [2.75, 3.05) is 33.4 Å². The van der Waals surface area contributed by atoms with Crippen LogP contribution in [0.1, 0.15) is 30.9 Å². The lowest BCUT2D eigenvalue weighted by atomic mass is 10.1. The predicted octanol–water partition coefficient (Wildman–Crippen LogP) is 3.42. The third-order valence-corrected chi connectivity index (χ3v) is 3.43. The maximum Gasteiger partial charge on any atom is 0.390 e. The van der Waals surface area contributed by atoms with Gasteiger partial charge in [-0.2, -0.15) is 13.2 Å². The van der Waals surface area contributed by atoms with Crippen LogP contribution in [0, 0.1) is 6.92 Å². The molecule has 0 saturated heterocycles. The molecule has 0 aliphatic carbocycles. The SMILES string of the molecule is CCNC(=NCc1ccc(C)cc1OCCCOC)NCCC(F)(F)F. The van der Waals surface area contributed by atoms with Gasteiger partial charge in [-0.3, -0.25) is 0 Å². The molecule has 0 fully saturated rings. The summed E-state index contributed by atoms with van der Waals surface area (Å²) in [6.45, 7) is 5.62.